The summed E-state index contributed by atoms with van der Waals surface area (Å²) < 4.78 is 0. The number of nitrogens with two attached hydrogens (primary N) is 1. The normalized spacial score (nSPS) is 21.3. The second-order valence-corrected chi connectivity index (χ2v) is 6.11. The molecule has 1 saturated heterocycles. The summed E-state index contributed by atoms with van der Waals surface area (Å²) in [5.74, 6) is 7.07. The third kappa shape index (κ3) is 2.14. The van der Waals surface area contributed by atoms with Gasteiger partial charge in [0.15, 0.2) is 0 Å². The fourth-order valence-electron chi connectivity index (χ4n) is 2.78. The number of rotatable bonds is 3. The van der Waals surface area contributed by atoms with Crippen molar-refractivity contribution < 1.29 is 0 Å². The molecular weight excluding hydrogens is 240 g/mol. The highest BCUT2D eigenvalue weighted by Crippen LogP contribution is 2.37. The molecule has 1 fully saturated rings. The summed E-state index contributed by atoms with van der Waals surface area (Å²) >= 11 is 2.04. The molecule has 0 radical (unpaired) electrons. The van der Waals surface area contributed by atoms with Crippen LogP contribution < -0.4 is 11.3 Å². The van der Waals surface area contributed by atoms with Crippen molar-refractivity contribution in [2.24, 2.45) is 5.84 Å². The molecule has 2 atom stereocenters. The van der Waals surface area contributed by atoms with Crippen LogP contribution in [0.25, 0.3) is 10.8 Å². The van der Waals surface area contributed by atoms with Gasteiger partial charge in [-0.05, 0) is 34.9 Å². The van der Waals surface area contributed by atoms with Crippen LogP contribution in [0.4, 0.5) is 0 Å². The molecule has 2 aromatic carbocycles. The minimum absolute atomic E-state index is 0.253. The molecule has 1 heterocycles. The molecule has 2 aromatic rings. The SMILES string of the molecule is NNC(c1cccc2ccccc12)C1CCCS1. The number of nitrogens with one attached hydrogen (secondary N) is 1. The van der Waals surface area contributed by atoms with Crippen LogP contribution in [0.3, 0.4) is 0 Å². The minimum atomic E-state index is 0.253. The molecule has 0 spiro atoms. The van der Waals surface area contributed by atoms with Gasteiger partial charge in [-0.15, -0.1) is 0 Å². The molecule has 2 unspecified atom stereocenters. The Hall–Kier alpha value is -1.03. The van der Waals surface area contributed by atoms with E-state index in [2.05, 4.69) is 47.9 Å². The second kappa shape index (κ2) is 5.31. The number of hydrogen-bond donors (Lipinski definition) is 2. The maximum absolute atomic E-state index is 5.81. The van der Waals surface area contributed by atoms with E-state index in [9.17, 15) is 0 Å². The number of thioether (sulfide) groups is 1. The molecule has 0 bridgehead atoms. The lowest BCUT2D eigenvalue weighted by Crippen LogP contribution is -2.34. The van der Waals surface area contributed by atoms with Gasteiger partial charge in [-0.25, -0.2) is 0 Å². The quantitative estimate of drug-likeness (QED) is 0.655. The molecular formula is C15H18N2S. The van der Waals surface area contributed by atoms with Gasteiger partial charge in [-0.3, -0.25) is 11.3 Å². The Kier molecular flexibility index (Phi) is 3.55. The smallest absolute Gasteiger partial charge is 0.0584 e. The van der Waals surface area contributed by atoms with Gasteiger partial charge in [-0.2, -0.15) is 11.8 Å². The van der Waals surface area contributed by atoms with Crippen molar-refractivity contribution in [2.75, 3.05) is 5.75 Å². The van der Waals surface area contributed by atoms with Crippen molar-refractivity contribution in [2.45, 2.75) is 24.1 Å². The average molecular weight is 258 g/mol. The lowest BCUT2D eigenvalue weighted by atomic mass is 9.95. The van der Waals surface area contributed by atoms with Gasteiger partial charge >= 0.3 is 0 Å². The Bertz CT molecular complexity index is 530. The van der Waals surface area contributed by atoms with Crippen LogP contribution in [0.15, 0.2) is 42.5 Å². The van der Waals surface area contributed by atoms with E-state index in [1.54, 1.807) is 0 Å². The molecule has 0 aliphatic carbocycles. The third-order valence-electron chi connectivity index (χ3n) is 3.67. The zero-order valence-electron chi connectivity index (χ0n) is 10.3. The van der Waals surface area contributed by atoms with Gasteiger partial charge in [-0.1, -0.05) is 42.5 Å². The van der Waals surface area contributed by atoms with Crippen molar-refractivity contribution in [1.82, 2.24) is 5.43 Å². The lowest BCUT2D eigenvalue weighted by molar-refractivity contribution is 0.523. The molecule has 94 valence electrons. The predicted molar refractivity (Wildman–Crippen MR) is 79.5 cm³/mol. The summed E-state index contributed by atoms with van der Waals surface area (Å²) in [6.45, 7) is 0. The van der Waals surface area contributed by atoms with Crippen LogP contribution in [0, 0.1) is 0 Å². The number of fused-ring (bicyclic) bond motifs is 1. The van der Waals surface area contributed by atoms with E-state index in [1.165, 1.54) is 34.9 Å². The van der Waals surface area contributed by atoms with Crippen molar-refractivity contribution in [3.05, 3.63) is 48.0 Å². The highest BCUT2D eigenvalue weighted by Gasteiger charge is 2.27. The van der Waals surface area contributed by atoms with Crippen LogP contribution in [0.2, 0.25) is 0 Å². The summed E-state index contributed by atoms with van der Waals surface area (Å²) in [5, 5.41) is 3.20. The van der Waals surface area contributed by atoms with Gasteiger partial charge in [0.25, 0.3) is 0 Å². The van der Waals surface area contributed by atoms with Gasteiger partial charge in [0, 0.05) is 5.25 Å². The summed E-state index contributed by atoms with van der Waals surface area (Å²) in [6.07, 6.45) is 2.56. The summed E-state index contributed by atoms with van der Waals surface area (Å²) in [6, 6.07) is 15.3. The number of benzene rings is 2. The lowest BCUT2D eigenvalue weighted by Gasteiger charge is -2.23. The van der Waals surface area contributed by atoms with Crippen molar-refractivity contribution in [3.63, 3.8) is 0 Å². The molecule has 2 nitrogen and oxygen atoms in total. The Balaban J connectivity index is 2.06. The van der Waals surface area contributed by atoms with Crippen LogP contribution in [0.5, 0.6) is 0 Å². The highest BCUT2D eigenvalue weighted by molar-refractivity contribution is 8.00. The fourth-order valence-corrected chi connectivity index (χ4v) is 4.17. The Morgan fingerprint density at radius 1 is 1.17 bits per heavy atom. The van der Waals surface area contributed by atoms with Crippen LogP contribution in [0.1, 0.15) is 24.4 Å². The van der Waals surface area contributed by atoms with E-state index < -0.39 is 0 Å². The van der Waals surface area contributed by atoms with E-state index in [4.69, 9.17) is 5.84 Å². The summed E-state index contributed by atoms with van der Waals surface area (Å²) in [5.41, 5.74) is 4.36. The first kappa shape index (κ1) is 12.0. The van der Waals surface area contributed by atoms with Crippen molar-refractivity contribution in [1.29, 1.82) is 0 Å². The second-order valence-electron chi connectivity index (χ2n) is 4.76. The van der Waals surface area contributed by atoms with E-state index in [0.717, 1.165) is 0 Å². The highest BCUT2D eigenvalue weighted by atomic mass is 32.2. The van der Waals surface area contributed by atoms with E-state index in [0.29, 0.717) is 5.25 Å². The van der Waals surface area contributed by atoms with Crippen LogP contribution >= 0.6 is 11.8 Å². The topological polar surface area (TPSA) is 38.0 Å². The van der Waals surface area contributed by atoms with Crippen LogP contribution in [-0.4, -0.2) is 11.0 Å². The molecule has 3 heteroatoms. The first-order chi connectivity index (χ1) is 8.90. The maximum Gasteiger partial charge on any atom is 0.0584 e. The fraction of sp³-hybridized carbons (Fsp3) is 0.333. The average Bonchev–Trinajstić information content (AvgIpc) is 2.94. The van der Waals surface area contributed by atoms with Crippen molar-refractivity contribution >= 4 is 22.5 Å². The standard InChI is InChI=1S/C15H18N2S/c16-17-15(14-9-4-10-18-14)13-8-3-6-11-5-1-2-7-12(11)13/h1-3,5-8,14-15,17H,4,9-10,16H2. The Labute approximate surface area is 112 Å². The van der Waals surface area contributed by atoms with Gasteiger partial charge < -0.3 is 0 Å². The molecule has 3 N–H and O–H groups in total. The summed E-state index contributed by atoms with van der Waals surface area (Å²) in [7, 11) is 0. The Morgan fingerprint density at radius 3 is 2.78 bits per heavy atom. The van der Waals surface area contributed by atoms with E-state index >= 15 is 0 Å². The minimum Gasteiger partial charge on any atom is -0.271 e. The third-order valence-corrected chi connectivity index (χ3v) is 5.14. The molecule has 0 amide bonds. The molecule has 0 saturated carbocycles. The maximum atomic E-state index is 5.81. The van der Waals surface area contributed by atoms with Gasteiger partial charge in [0.1, 0.15) is 0 Å². The molecule has 0 aromatic heterocycles. The van der Waals surface area contributed by atoms with Gasteiger partial charge in [0.05, 0.1) is 6.04 Å². The monoisotopic (exact) mass is 258 g/mol. The van der Waals surface area contributed by atoms with Gasteiger partial charge in [0.2, 0.25) is 0 Å². The largest absolute Gasteiger partial charge is 0.271 e. The predicted octanol–water partition coefficient (Wildman–Crippen LogP) is 3.24. The van der Waals surface area contributed by atoms with Crippen LogP contribution in [-0.2, 0) is 0 Å². The summed E-state index contributed by atoms with van der Waals surface area (Å²) in [4.78, 5) is 0. The molecule has 1 aliphatic rings. The van der Waals surface area contributed by atoms with Crippen molar-refractivity contribution in [3.8, 4) is 0 Å². The zero-order chi connectivity index (χ0) is 12.4. The number of hydrogen-bond acceptors (Lipinski definition) is 3. The van der Waals surface area contributed by atoms with E-state index in [1.807, 2.05) is 11.8 Å². The number of hydrazine groups is 1. The first-order valence-electron chi connectivity index (χ1n) is 6.45. The first-order valence-corrected chi connectivity index (χ1v) is 7.50. The van der Waals surface area contributed by atoms with E-state index in [-0.39, 0.29) is 6.04 Å². The zero-order valence-corrected chi connectivity index (χ0v) is 11.1. The molecule has 1 aliphatic heterocycles. The molecule has 18 heavy (non-hydrogen) atoms. The Morgan fingerprint density at radius 2 is 2.00 bits per heavy atom. The molecule has 3 rings (SSSR count).